The van der Waals surface area contributed by atoms with Crippen molar-refractivity contribution in [1.29, 1.82) is 0 Å². The molecule has 0 radical (unpaired) electrons. The third-order valence-corrected chi connectivity index (χ3v) is 5.12. The molecule has 4 nitrogen and oxygen atoms in total. The lowest BCUT2D eigenvalue weighted by Gasteiger charge is -2.32. The van der Waals surface area contributed by atoms with Crippen LogP contribution in [-0.4, -0.2) is 40.6 Å². The number of thiophene rings is 1. The number of thioether (sulfide) groups is 1. The van der Waals surface area contributed by atoms with Gasteiger partial charge in [0.2, 0.25) is 5.95 Å². The van der Waals surface area contributed by atoms with Crippen LogP contribution < -0.4 is 10.2 Å². The molecule has 102 valence electrons. The van der Waals surface area contributed by atoms with E-state index in [1.54, 1.807) is 11.3 Å². The molecule has 1 N–H and O–H groups in total. The van der Waals surface area contributed by atoms with Gasteiger partial charge in [-0.15, -0.1) is 11.3 Å². The average Bonchev–Trinajstić information content (AvgIpc) is 2.86. The Kier molecular flexibility index (Phi) is 3.79. The maximum atomic E-state index is 4.72. The molecule has 1 unspecified atom stereocenters. The van der Waals surface area contributed by atoms with E-state index in [2.05, 4.69) is 40.5 Å². The maximum Gasteiger partial charge on any atom is 0.226 e. The molecule has 1 atom stereocenters. The Hall–Kier alpha value is -1.01. The fourth-order valence-corrected chi connectivity index (χ4v) is 4.10. The summed E-state index contributed by atoms with van der Waals surface area (Å²) in [5.74, 6) is 3.01. The number of rotatable bonds is 3. The number of aromatic nitrogens is 2. The number of fused-ring (bicyclic) bond motifs is 1. The second-order valence-corrected chi connectivity index (χ2v) is 7.11. The van der Waals surface area contributed by atoms with E-state index in [9.17, 15) is 0 Å². The van der Waals surface area contributed by atoms with Crippen molar-refractivity contribution in [2.45, 2.75) is 19.1 Å². The molecule has 0 bridgehead atoms. The average molecular weight is 294 g/mol. The second-order valence-electron chi connectivity index (χ2n) is 4.67. The highest BCUT2D eigenvalue weighted by Crippen LogP contribution is 2.31. The van der Waals surface area contributed by atoms with Crippen LogP contribution in [0.4, 0.5) is 11.8 Å². The zero-order valence-electron chi connectivity index (χ0n) is 11.2. The molecule has 0 aromatic carbocycles. The van der Waals surface area contributed by atoms with Crippen LogP contribution in [0.15, 0.2) is 11.4 Å². The van der Waals surface area contributed by atoms with Crippen molar-refractivity contribution < 1.29 is 0 Å². The Morgan fingerprint density at radius 2 is 2.37 bits per heavy atom. The summed E-state index contributed by atoms with van der Waals surface area (Å²) >= 11 is 3.72. The first-order chi connectivity index (χ1) is 9.28. The number of anilines is 2. The van der Waals surface area contributed by atoms with Gasteiger partial charge in [0, 0.05) is 30.6 Å². The summed E-state index contributed by atoms with van der Waals surface area (Å²) in [5, 5.41) is 7.18. The van der Waals surface area contributed by atoms with Crippen molar-refractivity contribution >= 4 is 45.1 Å². The van der Waals surface area contributed by atoms with E-state index in [1.165, 1.54) is 11.1 Å². The minimum absolute atomic E-state index is 0.667. The van der Waals surface area contributed by atoms with E-state index in [0.717, 1.165) is 36.2 Å². The first-order valence-corrected chi connectivity index (χ1v) is 8.56. The Balaban J connectivity index is 2.02. The zero-order valence-corrected chi connectivity index (χ0v) is 12.9. The van der Waals surface area contributed by atoms with Crippen molar-refractivity contribution in [2.24, 2.45) is 0 Å². The Bertz CT molecular complexity index is 569. The number of nitrogens with one attached hydrogen (secondary N) is 1. The summed E-state index contributed by atoms with van der Waals surface area (Å²) < 4.78 is 0. The molecule has 2 aromatic rings. The van der Waals surface area contributed by atoms with E-state index < -0.39 is 0 Å². The topological polar surface area (TPSA) is 41.1 Å². The van der Waals surface area contributed by atoms with Crippen LogP contribution in [0.1, 0.15) is 13.8 Å². The van der Waals surface area contributed by atoms with E-state index in [4.69, 9.17) is 4.98 Å². The Morgan fingerprint density at radius 3 is 3.16 bits per heavy atom. The lowest BCUT2D eigenvalue weighted by atomic mass is 10.3. The van der Waals surface area contributed by atoms with Gasteiger partial charge in [-0.25, -0.2) is 4.98 Å². The molecule has 0 aliphatic carbocycles. The third kappa shape index (κ3) is 2.65. The molecule has 0 saturated carbocycles. The predicted molar refractivity (Wildman–Crippen MR) is 85.7 cm³/mol. The van der Waals surface area contributed by atoms with Crippen molar-refractivity contribution in [3.8, 4) is 0 Å². The lowest BCUT2D eigenvalue weighted by molar-refractivity contribution is 0.773. The SMILES string of the molecule is CCNc1nc(N2CCSC(C)C2)c2ccsc2n1. The van der Waals surface area contributed by atoms with Gasteiger partial charge in [-0.05, 0) is 18.4 Å². The van der Waals surface area contributed by atoms with Gasteiger partial charge in [0.25, 0.3) is 0 Å². The number of hydrogen-bond acceptors (Lipinski definition) is 6. The molecule has 19 heavy (non-hydrogen) atoms. The summed E-state index contributed by atoms with van der Waals surface area (Å²) in [5.41, 5.74) is 0. The molecule has 3 rings (SSSR count). The third-order valence-electron chi connectivity index (χ3n) is 3.18. The molecule has 1 aliphatic rings. The van der Waals surface area contributed by atoms with Crippen molar-refractivity contribution in [2.75, 3.05) is 35.6 Å². The van der Waals surface area contributed by atoms with Crippen LogP contribution in [-0.2, 0) is 0 Å². The van der Waals surface area contributed by atoms with E-state index in [1.807, 2.05) is 11.8 Å². The van der Waals surface area contributed by atoms with Crippen LogP contribution in [0.3, 0.4) is 0 Å². The van der Waals surface area contributed by atoms with Gasteiger partial charge in [0.05, 0.1) is 5.39 Å². The standard InChI is InChI=1S/C13H18N4S2/c1-3-14-13-15-11(10-4-6-19-12(10)16-13)17-5-7-18-9(2)8-17/h4,6,9H,3,5,7-8H2,1-2H3,(H,14,15,16). The van der Waals surface area contributed by atoms with E-state index in [0.29, 0.717) is 5.25 Å². The largest absolute Gasteiger partial charge is 0.354 e. The molecular formula is C13H18N4S2. The van der Waals surface area contributed by atoms with Crippen LogP contribution in [0.25, 0.3) is 10.2 Å². The number of hydrogen-bond donors (Lipinski definition) is 1. The monoisotopic (exact) mass is 294 g/mol. The number of nitrogens with zero attached hydrogens (tertiary/aromatic N) is 3. The Morgan fingerprint density at radius 1 is 1.47 bits per heavy atom. The quantitative estimate of drug-likeness (QED) is 0.942. The van der Waals surface area contributed by atoms with Crippen molar-refractivity contribution in [3.05, 3.63) is 11.4 Å². The normalized spacial score (nSPS) is 19.9. The maximum absolute atomic E-state index is 4.72. The highest BCUT2D eigenvalue weighted by molar-refractivity contribution is 8.00. The van der Waals surface area contributed by atoms with E-state index >= 15 is 0 Å². The highest BCUT2D eigenvalue weighted by atomic mass is 32.2. The highest BCUT2D eigenvalue weighted by Gasteiger charge is 2.21. The first kappa shape index (κ1) is 13.0. The first-order valence-electron chi connectivity index (χ1n) is 6.63. The molecule has 6 heteroatoms. The van der Waals surface area contributed by atoms with E-state index in [-0.39, 0.29) is 0 Å². The minimum Gasteiger partial charge on any atom is -0.354 e. The van der Waals surface area contributed by atoms with Gasteiger partial charge in [-0.2, -0.15) is 16.7 Å². The van der Waals surface area contributed by atoms with Crippen LogP contribution in [0.5, 0.6) is 0 Å². The molecule has 0 spiro atoms. The fourth-order valence-electron chi connectivity index (χ4n) is 2.33. The van der Waals surface area contributed by atoms with Crippen LogP contribution in [0.2, 0.25) is 0 Å². The van der Waals surface area contributed by atoms with Gasteiger partial charge >= 0.3 is 0 Å². The van der Waals surface area contributed by atoms with Gasteiger partial charge in [-0.1, -0.05) is 6.92 Å². The fraction of sp³-hybridized carbons (Fsp3) is 0.538. The molecule has 1 aliphatic heterocycles. The molecular weight excluding hydrogens is 276 g/mol. The van der Waals surface area contributed by atoms with Gasteiger partial charge in [0.1, 0.15) is 10.6 Å². The molecule has 1 fully saturated rings. The molecule has 0 amide bonds. The molecule has 1 saturated heterocycles. The van der Waals surface area contributed by atoms with Gasteiger partial charge < -0.3 is 10.2 Å². The van der Waals surface area contributed by atoms with Crippen molar-refractivity contribution in [3.63, 3.8) is 0 Å². The molecule has 3 heterocycles. The zero-order chi connectivity index (χ0) is 13.2. The second kappa shape index (κ2) is 5.54. The lowest BCUT2D eigenvalue weighted by Crippen LogP contribution is -2.37. The van der Waals surface area contributed by atoms with Crippen LogP contribution >= 0.6 is 23.1 Å². The summed E-state index contributed by atoms with van der Waals surface area (Å²) in [4.78, 5) is 12.8. The summed E-state index contributed by atoms with van der Waals surface area (Å²) in [6.07, 6.45) is 0. The summed E-state index contributed by atoms with van der Waals surface area (Å²) in [6.45, 7) is 7.35. The van der Waals surface area contributed by atoms with Gasteiger partial charge in [0.15, 0.2) is 0 Å². The predicted octanol–water partition coefficient (Wildman–Crippen LogP) is 3.06. The minimum atomic E-state index is 0.667. The summed E-state index contributed by atoms with van der Waals surface area (Å²) in [7, 11) is 0. The summed E-state index contributed by atoms with van der Waals surface area (Å²) in [6, 6.07) is 2.14. The van der Waals surface area contributed by atoms with Crippen LogP contribution in [0, 0.1) is 0 Å². The molecule has 2 aromatic heterocycles. The Labute approximate surface area is 121 Å². The van der Waals surface area contributed by atoms with Crippen molar-refractivity contribution in [1.82, 2.24) is 9.97 Å². The smallest absolute Gasteiger partial charge is 0.226 e. The van der Waals surface area contributed by atoms with Gasteiger partial charge in [-0.3, -0.25) is 0 Å².